The van der Waals surface area contributed by atoms with Gasteiger partial charge in [-0.3, -0.25) is 4.90 Å². The number of ether oxygens (including phenoxy) is 1. The van der Waals surface area contributed by atoms with Crippen molar-refractivity contribution in [1.82, 2.24) is 4.90 Å². The summed E-state index contributed by atoms with van der Waals surface area (Å²) >= 11 is 1.98. The van der Waals surface area contributed by atoms with Gasteiger partial charge in [-0.25, -0.2) is 0 Å². The topological polar surface area (TPSA) is 12.5 Å². The highest BCUT2D eigenvalue weighted by molar-refractivity contribution is 7.11. The molecule has 0 unspecified atom stereocenters. The summed E-state index contributed by atoms with van der Waals surface area (Å²) in [4.78, 5) is 5.57. The molecule has 0 aliphatic carbocycles. The standard InChI is InChI=1S/C13H21NOS/c1-2-12-5-6-13(16-12)4-3-7-14-8-10-15-11-9-14/h5-6H,2-4,7-11H2,1H3. The van der Waals surface area contributed by atoms with Crippen molar-refractivity contribution in [3.8, 4) is 0 Å². The maximum atomic E-state index is 5.34. The van der Waals surface area contributed by atoms with Crippen LogP contribution in [-0.2, 0) is 17.6 Å². The number of nitrogens with zero attached hydrogens (tertiary/aromatic N) is 1. The third-order valence-corrected chi connectivity index (χ3v) is 4.36. The lowest BCUT2D eigenvalue weighted by atomic mass is 10.2. The largest absolute Gasteiger partial charge is 0.379 e. The molecule has 3 heteroatoms. The summed E-state index contributed by atoms with van der Waals surface area (Å²) in [6, 6.07) is 4.57. The van der Waals surface area contributed by atoms with Crippen LogP contribution in [0.5, 0.6) is 0 Å². The number of hydrogen-bond donors (Lipinski definition) is 0. The minimum atomic E-state index is 0.916. The third-order valence-electron chi connectivity index (χ3n) is 3.07. The average molecular weight is 239 g/mol. The van der Waals surface area contributed by atoms with Crippen LogP contribution >= 0.6 is 11.3 Å². The van der Waals surface area contributed by atoms with E-state index in [1.54, 1.807) is 4.88 Å². The van der Waals surface area contributed by atoms with Crippen LogP contribution in [-0.4, -0.2) is 37.7 Å². The molecule has 0 saturated carbocycles. The number of aryl methyl sites for hydroxylation is 2. The first-order chi connectivity index (χ1) is 7.88. The second kappa shape index (κ2) is 6.38. The van der Waals surface area contributed by atoms with Crippen LogP contribution in [0.25, 0.3) is 0 Å². The molecule has 2 heterocycles. The van der Waals surface area contributed by atoms with E-state index in [1.807, 2.05) is 11.3 Å². The zero-order valence-corrected chi connectivity index (χ0v) is 10.9. The Morgan fingerprint density at radius 1 is 1.25 bits per heavy atom. The minimum Gasteiger partial charge on any atom is -0.379 e. The molecule has 0 atom stereocenters. The Morgan fingerprint density at radius 3 is 2.69 bits per heavy atom. The van der Waals surface area contributed by atoms with E-state index in [4.69, 9.17) is 4.74 Å². The molecule has 90 valence electrons. The molecule has 1 saturated heterocycles. The summed E-state index contributed by atoms with van der Waals surface area (Å²) in [6.45, 7) is 7.51. The van der Waals surface area contributed by atoms with Gasteiger partial charge in [-0.05, 0) is 37.9 Å². The van der Waals surface area contributed by atoms with Crippen LogP contribution in [0.2, 0.25) is 0 Å². The van der Waals surface area contributed by atoms with Crippen molar-refractivity contribution in [3.63, 3.8) is 0 Å². The number of morpholine rings is 1. The van der Waals surface area contributed by atoms with Gasteiger partial charge < -0.3 is 4.74 Å². The molecule has 0 aromatic carbocycles. The quantitative estimate of drug-likeness (QED) is 0.783. The fourth-order valence-electron chi connectivity index (χ4n) is 2.05. The number of thiophene rings is 1. The molecular weight excluding hydrogens is 218 g/mol. The van der Waals surface area contributed by atoms with Gasteiger partial charge in [-0.2, -0.15) is 0 Å². The fourth-order valence-corrected chi connectivity index (χ4v) is 3.05. The van der Waals surface area contributed by atoms with Crippen molar-refractivity contribution < 1.29 is 4.74 Å². The van der Waals surface area contributed by atoms with Crippen molar-refractivity contribution in [2.45, 2.75) is 26.2 Å². The van der Waals surface area contributed by atoms with Crippen LogP contribution in [0.1, 0.15) is 23.1 Å². The van der Waals surface area contributed by atoms with E-state index in [0.717, 1.165) is 26.3 Å². The third kappa shape index (κ3) is 3.58. The molecule has 2 rings (SSSR count). The molecule has 1 fully saturated rings. The molecule has 0 N–H and O–H groups in total. The van der Waals surface area contributed by atoms with Gasteiger partial charge in [0.2, 0.25) is 0 Å². The molecule has 1 aliphatic rings. The predicted octanol–water partition coefficient (Wildman–Crippen LogP) is 2.58. The van der Waals surface area contributed by atoms with Gasteiger partial charge in [0, 0.05) is 22.8 Å². The highest BCUT2D eigenvalue weighted by Crippen LogP contribution is 2.18. The Hall–Kier alpha value is -0.380. The lowest BCUT2D eigenvalue weighted by Gasteiger charge is -2.26. The van der Waals surface area contributed by atoms with Crippen LogP contribution < -0.4 is 0 Å². The molecule has 1 aromatic heterocycles. The first-order valence-electron chi connectivity index (χ1n) is 6.26. The molecule has 0 spiro atoms. The highest BCUT2D eigenvalue weighted by Gasteiger charge is 2.09. The summed E-state index contributed by atoms with van der Waals surface area (Å²) in [6.07, 6.45) is 3.69. The maximum Gasteiger partial charge on any atom is 0.0594 e. The highest BCUT2D eigenvalue weighted by atomic mass is 32.1. The van der Waals surface area contributed by atoms with Crippen LogP contribution in [0.3, 0.4) is 0 Å². The Morgan fingerprint density at radius 2 is 2.00 bits per heavy atom. The lowest BCUT2D eigenvalue weighted by molar-refractivity contribution is 0.0375. The molecule has 16 heavy (non-hydrogen) atoms. The average Bonchev–Trinajstić information content (AvgIpc) is 2.78. The second-order valence-corrected chi connectivity index (χ2v) is 5.53. The summed E-state index contributed by atoms with van der Waals surface area (Å²) in [5, 5.41) is 0. The van der Waals surface area contributed by atoms with Crippen molar-refractivity contribution in [2.75, 3.05) is 32.8 Å². The Bertz CT molecular complexity index is 305. The fraction of sp³-hybridized carbons (Fsp3) is 0.692. The van der Waals surface area contributed by atoms with E-state index in [0.29, 0.717) is 0 Å². The smallest absolute Gasteiger partial charge is 0.0594 e. The first kappa shape index (κ1) is 12.1. The van der Waals surface area contributed by atoms with Gasteiger partial charge in [0.25, 0.3) is 0 Å². The molecule has 0 radical (unpaired) electrons. The normalized spacial score (nSPS) is 17.8. The Kier molecular flexibility index (Phi) is 4.82. The van der Waals surface area contributed by atoms with E-state index in [2.05, 4.69) is 24.0 Å². The monoisotopic (exact) mass is 239 g/mol. The summed E-state index contributed by atoms with van der Waals surface area (Å²) < 4.78 is 5.34. The summed E-state index contributed by atoms with van der Waals surface area (Å²) in [7, 11) is 0. The van der Waals surface area contributed by atoms with Crippen molar-refractivity contribution >= 4 is 11.3 Å². The maximum absolute atomic E-state index is 5.34. The van der Waals surface area contributed by atoms with E-state index >= 15 is 0 Å². The van der Waals surface area contributed by atoms with E-state index in [9.17, 15) is 0 Å². The Labute approximate surface area is 102 Å². The molecular formula is C13H21NOS. The van der Waals surface area contributed by atoms with Gasteiger partial charge in [-0.15, -0.1) is 11.3 Å². The SMILES string of the molecule is CCc1ccc(CCCN2CCOCC2)s1. The van der Waals surface area contributed by atoms with Crippen molar-refractivity contribution in [3.05, 3.63) is 21.9 Å². The zero-order chi connectivity index (χ0) is 11.2. The van der Waals surface area contributed by atoms with E-state index < -0.39 is 0 Å². The lowest BCUT2D eigenvalue weighted by Crippen LogP contribution is -2.36. The zero-order valence-electron chi connectivity index (χ0n) is 10.1. The minimum absolute atomic E-state index is 0.916. The number of rotatable bonds is 5. The van der Waals surface area contributed by atoms with Crippen molar-refractivity contribution in [2.24, 2.45) is 0 Å². The molecule has 1 aliphatic heterocycles. The molecule has 2 nitrogen and oxygen atoms in total. The number of hydrogen-bond acceptors (Lipinski definition) is 3. The Balaban J connectivity index is 1.66. The van der Waals surface area contributed by atoms with E-state index in [1.165, 1.54) is 30.7 Å². The summed E-state index contributed by atoms with van der Waals surface area (Å²) in [5.41, 5.74) is 0. The molecule has 0 amide bonds. The van der Waals surface area contributed by atoms with Crippen LogP contribution in [0, 0.1) is 0 Å². The van der Waals surface area contributed by atoms with Crippen molar-refractivity contribution in [1.29, 1.82) is 0 Å². The predicted molar refractivity (Wildman–Crippen MR) is 69.3 cm³/mol. The van der Waals surface area contributed by atoms with E-state index in [-0.39, 0.29) is 0 Å². The molecule has 1 aromatic rings. The van der Waals surface area contributed by atoms with Gasteiger partial charge in [0.1, 0.15) is 0 Å². The van der Waals surface area contributed by atoms with Gasteiger partial charge in [0.05, 0.1) is 13.2 Å². The summed E-state index contributed by atoms with van der Waals surface area (Å²) in [5.74, 6) is 0. The van der Waals surface area contributed by atoms with Gasteiger partial charge in [0.15, 0.2) is 0 Å². The van der Waals surface area contributed by atoms with Crippen LogP contribution in [0.15, 0.2) is 12.1 Å². The van der Waals surface area contributed by atoms with Crippen LogP contribution in [0.4, 0.5) is 0 Å². The second-order valence-electron chi connectivity index (χ2n) is 4.28. The first-order valence-corrected chi connectivity index (χ1v) is 7.08. The van der Waals surface area contributed by atoms with Gasteiger partial charge in [-0.1, -0.05) is 6.92 Å². The van der Waals surface area contributed by atoms with Gasteiger partial charge >= 0.3 is 0 Å². The molecule has 0 bridgehead atoms.